The van der Waals surface area contributed by atoms with Gasteiger partial charge in [0.05, 0.1) is 5.56 Å². The third-order valence-electron chi connectivity index (χ3n) is 2.94. The summed E-state index contributed by atoms with van der Waals surface area (Å²) in [6, 6.07) is 13.0. The van der Waals surface area contributed by atoms with Crippen LogP contribution >= 0.6 is 15.9 Å². The Hall–Kier alpha value is -1.99. The molecule has 102 valence electrons. The Morgan fingerprint density at radius 3 is 2.50 bits per heavy atom. The Labute approximate surface area is 127 Å². The summed E-state index contributed by atoms with van der Waals surface area (Å²) in [7, 11) is 0. The molecule has 2 N–H and O–H groups in total. The molecule has 0 fully saturated rings. The number of anilines is 1. The van der Waals surface area contributed by atoms with Crippen LogP contribution in [0.5, 0.6) is 11.5 Å². The van der Waals surface area contributed by atoms with Crippen molar-refractivity contribution in [2.45, 2.75) is 19.8 Å². The first kappa shape index (κ1) is 14.4. The van der Waals surface area contributed by atoms with E-state index in [1.54, 1.807) is 18.2 Å². The standard InChI is InChI=1S/C16H15BrN2O/c1-10(2)14-8-12(17)3-5-16(14)20-15-6-4-13(19)7-11(15)9-18/h3-8,10H,19H2,1-2H3. The van der Waals surface area contributed by atoms with E-state index in [2.05, 4.69) is 35.8 Å². The maximum absolute atomic E-state index is 9.15. The van der Waals surface area contributed by atoms with Crippen molar-refractivity contribution in [2.75, 3.05) is 5.73 Å². The fourth-order valence-corrected chi connectivity index (χ4v) is 2.28. The van der Waals surface area contributed by atoms with Crippen LogP contribution in [-0.2, 0) is 0 Å². The van der Waals surface area contributed by atoms with Crippen molar-refractivity contribution in [2.24, 2.45) is 0 Å². The molecule has 0 aliphatic carbocycles. The fourth-order valence-electron chi connectivity index (χ4n) is 1.91. The van der Waals surface area contributed by atoms with Crippen molar-refractivity contribution in [1.29, 1.82) is 5.26 Å². The molecule has 2 rings (SSSR count). The molecule has 2 aromatic rings. The molecule has 2 aromatic carbocycles. The fraction of sp³-hybridized carbons (Fsp3) is 0.188. The van der Waals surface area contributed by atoms with Crippen molar-refractivity contribution in [3.63, 3.8) is 0 Å². The van der Waals surface area contributed by atoms with Crippen LogP contribution in [0.15, 0.2) is 40.9 Å². The van der Waals surface area contributed by atoms with Crippen molar-refractivity contribution in [3.05, 3.63) is 52.0 Å². The van der Waals surface area contributed by atoms with E-state index in [1.807, 2.05) is 18.2 Å². The van der Waals surface area contributed by atoms with Crippen LogP contribution in [0.4, 0.5) is 5.69 Å². The molecule has 0 atom stereocenters. The van der Waals surface area contributed by atoms with E-state index in [-0.39, 0.29) is 0 Å². The second-order valence-corrected chi connectivity index (χ2v) is 5.72. The van der Waals surface area contributed by atoms with Crippen molar-refractivity contribution in [3.8, 4) is 17.6 Å². The lowest BCUT2D eigenvalue weighted by Gasteiger charge is -2.15. The molecule has 0 aromatic heterocycles. The van der Waals surface area contributed by atoms with Gasteiger partial charge in [-0.25, -0.2) is 0 Å². The lowest BCUT2D eigenvalue weighted by atomic mass is 10.0. The molecule has 3 nitrogen and oxygen atoms in total. The average Bonchev–Trinajstić information content (AvgIpc) is 2.42. The minimum atomic E-state index is 0.321. The van der Waals surface area contributed by atoms with Gasteiger partial charge in [0.25, 0.3) is 0 Å². The molecule has 0 bridgehead atoms. The summed E-state index contributed by atoms with van der Waals surface area (Å²) >= 11 is 3.46. The number of hydrogen-bond donors (Lipinski definition) is 1. The molecule has 0 aliphatic rings. The van der Waals surface area contributed by atoms with E-state index in [0.717, 1.165) is 15.8 Å². The number of nitrogen functional groups attached to an aromatic ring is 1. The minimum Gasteiger partial charge on any atom is -0.456 e. The molecule has 0 unspecified atom stereocenters. The maximum Gasteiger partial charge on any atom is 0.145 e. The predicted molar refractivity (Wildman–Crippen MR) is 83.9 cm³/mol. The molecular weight excluding hydrogens is 316 g/mol. The van der Waals surface area contributed by atoms with Gasteiger partial charge in [0.1, 0.15) is 17.6 Å². The molecule has 0 heterocycles. The van der Waals surface area contributed by atoms with Gasteiger partial charge in [-0.2, -0.15) is 5.26 Å². The zero-order valence-corrected chi connectivity index (χ0v) is 12.9. The Balaban J connectivity index is 2.43. The summed E-state index contributed by atoms with van der Waals surface area (Å²) in [5, 5.41) is 9.15. The Morgan fingerprint density at radius 2 is 1.85 bits per heavy atom. The zero-order valence-electron chi connectivity index (χ0n) is 11.4. The summed E-state index contributed by atoms with van der Waals surface area (Å²) in [5.41, 5.74) is 7.75. The number of nitrogens with zero attached hydrogens (tertiary/aromatic N) is 1. The normalized spacial score (nSPS) is 10.3. The van der Waals surface area contributed by atoms with Gasteiger partial charge < -0.3 is 10.5 Å². The second kappa shape index (κ2) is 5.98. The van der Waals surface area contributed by atoms with E-state index in [0.29, 0.717) is 22.9 Å². The lowest BCUT2D eigenvalue weighted by Crippen LogP contribution is -1.96. The Morgan fingerprint density at radius 1 is 1.15 bits per heavy atom. The molecule has 0 aliphatic heterocycles. The number of benzene rings is 2. The topological polar surface area (TPSA) is 59.0 Å². The molecule has 20 heavy (non-hydrogen) atoms. The molecule has 0 amide bonds. The summed E-state index contributed by atoms with van der Waals surface area (Å²) < 4.78 is 6.91. The summed E-state index contributed by atoms with van der Waals surface area (Å²) in [6.45, 7) is 4.20. The number of ether oxygens (including phenoxy) is 1. The van der Waals surface area contributed by atoms with Gasteiger partial charge in [-0.05, 0) is 47.9 Å². The third-order valence-corrected chi connectivity index (χ3v) is 3.43. The van der Waals surface area contributed by atoms with Crippen LogP contribution < -0.4 is 10.5 Å². The van der Waals surface area contributed by atoms with E-state index in [9.17, 15) is 0 Å². The van der Waals surface area contributed by atoms with Gasteiger partial charge in [0.2, 0.25) is 0 Å². The van der Waals surface area contributed by atoms with Gasteiger partial charge in [-0.1, -0.05) is 29.8 Å². The van der Waals surface area contributed by atoms with Crippen LogP contribution in [0.3, 0.4) is 0 Å². The smallest absolute Gasteiger partial charge is 0.145 e. The van der Waals surface area contributed by atoms with E-state index in [1.165, 1.54) is 0 Å². The number of rotatable bonds is 3. The average molecular weight is 331 g/mol. The van der Waals surface area contributed by atoms with Crippen LogP contribution in [0, 0.1) is 11.3 Å². The van der Waals surface area contributed by atoms with E-state index < -0.39 is 0 Å². The zero-order chi connectivity index (χ0) is 14.7. The summed E-state index contributed by atoms with van der Waals surface area (Å²) in [6.07, 6.45) is 0. The largest absolute Gasteiger partial charge is 0.456 e. The molecule has 0 radical (unpaired) electrons. The first-order valence-corrected chi connectivity index (χ1v) is 7.07. The highest BCUT2D eigenvalue weighted by molar-refractivity contribution is 9.10. The molecule has 0 spiro atoms. The highest BCUT2D eigenvalue weighted by Gasteiger charge is 2.12. The summed E-state index contributed by atoms with van der Waals surface area (Å²) in [5.74, 6) is 1.59. The quantitative estimate of drug-likeness (QED) is 0.821. The molecule has 0 saturated carbocycles. The minimum absolute atomic E-state index is 0.321. The molecule has 4 heteroatoms. The van der Waals surface area contributed by atoms with Crippen molar-refractivity contribution >= 4 is 21.6 Å². The Bertz CT molecular complexity index is 675. The second-order valence-electron chi connectivity index (χ2n) is 4.81. The number of hydrogen-bond acceptors (Lipinski definition) is 3. The number of nitriles is 1. The highest BCUT2D eigenvalue weighted by Crippen LogP contribution is 2.34. The van der Waals surface area contributed by atoms with E-state index >= 15 is 0 Å². The van der Waals surface area contributed by atoms with Gasteiger partial charge in [-0.3, -0.25) is 0 Å². The van der Waals surface area contributed by atoms with Crippen LogP contribution in [-0.4, -0.2) is 0 Å². The van der Waals surface area contributed by atoms with Gasteiger partial charge in [0.15, 0.2) is 0 Å². The number of nitrogens with two attached hydrogens (primary N) is 1. The number of halogens is 1. The predicted octanol–water partition coefficient (Wildman–Crippen LogP) is 4.82. The van der Waals surface area contributed by atoms with Crippen LogP contribution in [0.25, 0.3) is 0 Å². The van der Waals surface area contributed by atoms with Crippen molar-refractivity contribution < 1.29 is 4.74 Å². The monoisotopic (exact) mass is 330 g/mol. The summed E-state index contributed by atoms with van der Waals surface area (Å²) in [4.78, 5) is 0. The SMILES string of the molecule is CC(C)c1cc(Br)ccc1Oc1ccc(N)cc1C#N. The van der Waals surface area contributed by atoms with E-state index in [4.69, 9.17) is 15.7 Å². The lowest BCUT2D eigenvalue weighted by molar-refractivity contribution is 0.471. The molecular formula is C16H15BrN2O. The first-order chi connectivity index (χ1) is 9.51. The first-order valence-electron chi connectivity index (χ1n) is 6.28. The van der Waals surface area contributed by atoms with Gasteiger partial charge in [0, 0.05) is 10.2 Å². The van der Waals surface area contributed by atoms with Crippen molar-refractivity contribution in [1.82, 2.24) is 0 Å². The van der Waals surface area contributed by atoms with Crippen LogP contribution in [0.1, 0.15) is 30.9 Å². The third kappa shape index (κ3) is 3.12. The van der Waals surface area contributed by atoms with Gasteiger partial charge >= 0.3 is 0 Å². The molecule has 0 saturated heterocycles. The maximum atomic E-state index is 9.15. The Kier molecular flexibility index (Phi) is 4.31. The highest BCUT2D eigenvalue weighted by atomic mass is 79.9. The van der Waals surface area contributed by atoms with Gasteiger partial charge in [-0.15, -0.1) is 0 Å². The van der Waals surface area contributed by atoms with Crippen LogP contribution in [0.2, 0.25) is 0 Å².